The number of halogens is 1. The molecule has 1 N–H and O–H groups in total. The van der Waals surface area contributed by atoms with E-state index in [0.717, 1.165) is 11.4 Å². The highest BCUT2D eigenvalue weighted by Gasteiger charge is 2.11. The van der Waals surface area contributed by atoms with Crippen LogP contribution in [0.15, 0.2) is 0 Å². The fraction of sp³-hybridized carbons (Fsp3) is 0.571. The van der Waals surface area contributed by atoms with Gasteiger partial charge in [-0.25, -0.2) is 0 Å². The molecule has 1 amide bonds. The first-order valence-electron chi connectivity index (χ1n) is 3.90. The maximum atomic E-state index is 11.2. The largest absolute Gasteiger partial charge is 0.300 e. The van der Waals surface area contributed by atoms with Crippen molar-refractivity contribution < 1.29 is 4.79 Å². The number of aryl methyl sites for hydroxylation is 1. The highest BCUT2D eigenvalue weighted by Crippen LogP contribution is 2.16. The van der Waals surface area contributed by atoms with Gasteiger partial charge in [0, 0.05) is 0 Å². The first-order valence-corrected chi connectivity index (χ1v) is 5.64. The third kappa shape index (κ3) is 3.04. The molecule has 0 bridgehead atoms. The van der Waals surface area contributed by atoms with Gasteiger partial charge in [-0.2, -0.15) is 0 Å². The van der Waals surface area contributed by atoms with Gasteiger partial charge in [-0.05, 0) is 13.3 Å². The lowest BCUT2D eigenvalue weighted by molar-refractivity contribution is -0.115. The van der Waals surface area contributed by atoms with Crippen LogP contribution in [0.3, 0.4) is 0 Å². The van der Waals surface area contributed by atoms with Gasteiger partial charge >= 0.3 is 0 Å². The van der Waals surface area contributed by atoms with Crippen molar-refractivity contribution in [3.8, 4) is 0 Å². The summed E-state index contributed by atoms with van der Waals surface area (Å²) in [4.78, 5) is 11.0. The number of hydrogen-bond donors (Lipinski definition) is 1. The van der Waals surface area contributed by atoms with Crippen LogP contribution in [0.5, 0.6) is 0 Å². The van der Waals surface area contributed by atoms with Crippen LogP contribution in [0.25, 0.3) is 0 Å². The van der Waals surface area contributed by atoms with Gasteiger partial charge in [-0.3, -0.25) is 10.1 Å². The zero-order valence-electron chi connectivity index (χ0n) is 7.37. The minimum absolute atomic E-state index is 0.0983. The van der Waals surface area contributed by atoms with Gasteiger partial charge in [0.05, 0.1) is 4.83 Å². The van der Waals surface area contributed by atoms with E-state index < -0.39 is 0 Å². The van der Waals surface area contributed by atoms with Crippen LogP contribution in [0.1, 0.15) is 18.9 Å². The van der Waals surface area contributed by atoms with Gasteiger partial charge in [0.2, 0.25) is 11.0 Å². The van der Waals surface area contributed by atoms with E-state index >= 15 is 0 Å². The summed E-state index contributed by atoms with van der Waals surface area (Å²) in [7, 11) is 0. The van der Waals surface area contributed by atoms with Gasteiger partial charge in [0.25, 0.3) is 0 Å². The van der Waals surface area contributed by atoms with Crippen molar-refractivity contribution in [1.29, 1.82) is 0 Å². The maximum absolute atomic E-state index is 11.2. The second-order valence-electron chi connectivity index (χ2n) is 2.46. The highest BCUT2D eigenvalue weighted by molar-refractivity contribution is 9.10. The summed E-state index contributed by atoms with van der Waals surface area (Å²) in [6.45, 7) is 3.76. The summed E-state index contributed by atoms with van der Waals surface area (Å²) in [6, 6.07) is 0. The van der Waals surface area contributed by atoms with Crippen LogP contribution < -0.4 is 5.32 Å². The topological polar surface area (TPSA) is 54.9 Å². The third-order valence-corrected chi connectivity index (χ3v) is 2.76. The maximum Gasteiger partial charge on any atom is 0.239 e. The van der Waals surface area contributed by atoms with Crippen molar-refractivity contribution in [3.05, 3.63) is 5.01 Å². The first kappa shape index (κ1) is 10.6. The molecule has 0 aliphatic heterocycles. The van der Waals surface area contributed by atoms with Crippen LogP contribution in [-0.4, -0.2) is 20.9 Å². The molecular formula is C7H10BrN3OS. The van der Waals surface area contributed by atoms with Crippen LogP contribution in [0.4, 0.5) is 5.13 Å². The molecule has 6 heteroatoms. The number of aromatic nitrogens is 2. The van der Waals surface area contributed by atoms with Crippen molar-refractivity contribution in [1.82, 2.24) is 10.2 Å². The molecule has 0 spiro atoms. The normalized spacial score (nSPS) is 12.5. The van der Waals surface area contributed by atoms with Crippen LogP contribution in [0.2, 0.25) is 0 Å². The smallest absolute Gasteiger partial charge is 0.239 e. The standard InChI is InChI=1S/C7H10BrN3OS/c1-3-5-10-11-7(13-5)9-6(12)4(2)8/h4H,3H2,1-2H3,(H,9,11,12)/t4-/m1/s1. The number of carbonyl (C=O) groups is 1. The van der Waals surface area contributed by atoms with E-state index in [1.54, 1.807) is 6.92 Å². The molecule has 72 valence electrons. The molecule has 1 aromatic rings. The summed E-state index contributed by atoms with van der Waals surface area (Å²) < 4.78 is 0. The fourth-order valence-corrected chi connectivity index (χ4v) is 1.45. The van der Waals surface area contributed by atoms with Crippen LogP contribution in [0, 0.1) is 0 Å². The summed E-state index contributed by atoms with van der Waals surface area (Å²) in [5, 5.41) is 11.9. The van der Waals surface area contributed by atoms with E-state index in [1.165, 1.54) is 11.3 Å². The Bertz CT molecular complexity index is 300. The molecule has 1 heterocycles. The van der Waals surface area contributed by atoms with Crippen LogP contribution in [-0.2, 0) is 11.2 Å². The molecule has 0 saturated carbocycles. The van der Waals surface area contributed by atoms with Crippen molar-refractivity contribution >= 4 is 38.3 Å². The minimum atomic E-state index is -0.207. The van der Waals surface area contributed by atoms with E-state index in [9.17, 15) is 4.79 Å². The van der Waals surface area contributed by atoms with Crippen molar-refractivity contribution in [3.63, 3.8) is 0 Å². The minimum Gasteiger partial charge on any atom is -0.300 e. The van der Waals surface area contributed by atoms with E-state index in [2.05, 4.69) is 31.4 Å². The second kappa shape index (κ2) is 4.66. The summed E-state index contributed by atoms with van der Waals surface area (Å²) in [6.07, 6.45) is 0.845. The Morgan fingerprint density at radius 1 is 1.69 bits per heavy atom. The number of rotatable bonds is 3. The van der Waals surface area contributed by atoms with Gasteiger partial charge in [-0.1, -0.05) is 34.2 Å². The van der Waals surface area contributed by atoms with E-state index in [0.29, 0.717) is 5.13 Å². The Balaban J connectivity index is 2.59. The quantitative estimate of drug-likeness (QED) is 0.847. The summed E-state index contributed by atoms with van der Waals surface area (Å²) >= 11 is 4.57. The lowest BCUT2D eigenvalue weighted by Gasteiger charge is -2.00. The average Bonchev–Trinajstić information content (AvgIpc) is 2.52. The van der Waals surface area contributed by atoms with Crippen LogP contribution >= 0.6 is 27.3 Å². The van der Waals surface area contributed by atoms with Crippen molar-refractivity contribution in [2.45, 2.75) is 25.1 Å². The molecular weight excluding hydrogens is 254 g/mol. The Morgan fingerprint density at radius 2 is 2.38 bits per heavy atom. The molecule has 13 heavy (non-hydrogen) atoms. The van der Waals surface area contributed by atoms with Gasteiger partial charge in [-0.15, -0.1) is 10.2 Å². The number of anilines is 1. The summed E-state index contributed by atoms with van der Waals surface area (Å²) in [5.74, 6) is -0.0983. The Hall–Kier alpha value is -0.490. The number of hydrogen-bond acceptors (Lipinski definition) is 4. The Labute approximate surface area is 88.9 Å². The molecule has 0 fully saturated rings. The third-order valence-electron chi connectivity index (χ3n) is 1.36. The SMILES string of the molecule is CCc1nnc(NC(=O)[C@@H](C)Br)s1. The van der Waals surface area contributed by atoms with Crippen molar-refractivity contribution in [2.75, 3.05) is 5.32 Å². The molecule has 1 aromatic heterocycles. The lowest BCUT2D eigenvalue weighted by Crippen LogP contribution is -2.19. The predicted octanol–water partition coefficient (Wildman–Crippen LogP) is 1.82. The number of amides is 1. The molecule has 0 aliphatic carbocycles. The molecule has 1 atom stereocenters. The molecule has 0 aliphatic rings. The Morgan fingerprint density at radius 3 is 2.85 bits per heavy atom. The van der Waals surface area contributed by atoms with Gasteiger partial charge in [0.15, 0.2) is 0 Å². The zero-order valence-corrected chi connectivity index (χ0v) is 9.78. The molecule has 0 saturated heterocycles. The van der Waals surface area contributed by atoms with E-state index in [-0.39, 0.29) is 10.7 Å². The predicted molar refractivity (Wildman–Crippen MR) is 56.3 cm³/mol. The Kier molecular flexibility index (Phi) is 3.80. The average molecular weight is 264 g/mol. The van der Waals surface area contributed by atoms with E-state index in [4.69, 9.17) is 0 Å². The molecule has 0 unspecified atom stereocenters. The van der Waals surface area contributed by atoms with Crippen molar-refractivity contribution in [2.24, 2.45) is 0 Å². The number of carbonyl (C=O) groups excluding carboxylic acids is 1. The highest BCUT2D eigenvalue weighted by atomic mass is 79.9. The molecule has 0 radical (unpaired) electrons. The van der Waals surface area contributed by atoms with E-state index in [1.807, 2.05) is 6.92 Å². The monoisotopic (exact) mass is 263 g/mol. The molecule has 0 aromatic carbocycles. The number of nitrogens with zero attached hydrogens (tertiary/aromatic N) is 2. The number of alkyl halides is 1. The fourth-order valence-electron chi connectivity index (χ4n) is 0.652. The number of nitrogens with one attached hydrogen (secondary N) is 1. The molecule has 4 nitrogen and oxygen atoms in total. The van der Waals surface area contributed by atoms with Gasteiger partial charge < -0.3 is 0 Å². The first-order chi connectivity index (χ1) is 6.13. The second-order valence-corrected chi connectivity index (χ2v) is 4.90. The van der Waals surface area contributed by atoms with Gasteiger partial charge in [0.1, 0.15) is 5.01 Å². The molecule has 1 rings (SSSR count). The summed E-state index contributed by atoms with van der Waals surface area (Å²) in [5.41, 5.74) is 0. The zero-order chi connectivity index (χ0) is 9.84. The lowest BCUT2D eigenvalue weighted by atomic mass is 10.5.